The van der Waals surface area contributed by atoms with Crippen LogP contribution < -0.4 is 0 Å². The Labute approximate surface area is 147 Å². The molecule has 0 aliphatic heterocycles. The maximum atomic E-state index is 12.2. The maximum Gasteiger partial charge on any atom is 0.338 e. The molecule has 0 amide bonds. The third-order valence-corrected chi connectivity index (χ3v) is 4.02. The fraction of sp³-hybridized carbons (Fsp3) is 0.250. The summed E-state index contributed by atoms with van der Waals surface area (Å²) in [6, 6.07) is 15.5. The number of nitrogens with zero attached hydrogens (tertiary/aromatic N) is 3. The predicted molar refractivity (Wildman–Crippen MR) is 95.2 cm³/mol. The fourth-order valence-corrected chi connectivity index (χ4v) is 2.48. The highest BCUT2D eigenvalue weighted by atomic mass is 16.5. The van der Waals surface area contributed by atoms with E-state index in [0.29, 0.717) is 18.0 Å². The van der Waals surface area contributed by atoms with Gasteiger partial charge in [0.25, 0.3) is 0 Å². The van der Waals surface area contributed by atoms with Crippen LogP contribution in [-0.2, 0) is 17.9 Å². The molecule has 3 aromatic rings. The number of rotatable bonds is 6. The van der Waals surface area contributed by atoms with Gasteiger partial charge in [-0.15, -0.1) is 0 Å². The zero-order valence-corrected chi connectivity index (χ0v) is 14.4. The number of hydrogen-bond donors (Lipinski definition) is 0. The van der Waals surface area contributed by atoms with Crippen molar-refractivity contribution in [1.29, 1.82) is 0 Å². The summed E-state index contributed by atoms with van der Waals surface area (Å²) in [5.41, 5.74) is 3.85. The summed E-state index contributed by atoms with van der Waals surface area (Å²) < 4.78 is 7.12. The third-order valence-electron chi connectivity index (χ3n) is 4.02. The van der Waals surface area contributed by atoms with Crippen molar-refractivity contribution in [3.05, 3.63) is 83.4 Å². The first kappa shape index (κ1) is 16.9. The summed E-state index contributed by atoms with van der Waals surface area (Å²) in [5.74, 6) is 0.174. The molecule has 25 heavy (non-hydrogen) atoms. The summed E-state index contributed by atoms with van der Waals surface area (Å²) in [5, 5.41) is 4.06. The van der Waals surface area contributed by atoms with E-state index in [1.165, 1.54) is 11.9 Å². The molecule has 5 nitrogen and oxygen atoms in total. The average Bonchev–Trinajstić information content (AvgIpc) is 3.13. The van der Waals surface area contributed by atoms with Crippen LogP contribution in [0.4, 0.5) is 0 Å². The van der Waals surface area contributed by atoms with Crippen LogP contribution in [0.3, 0.4) is 0 Å². The number of carbonyl (C=O) groups excluding carboxylic acids is 1. The van der Waals surface area contributed by atoms with Crippen molar-refractivity contribution in [2.75, 3.05) is 0 Å². The van der Waals surface area contributed by atoms with E-state index in [9.17, 15) is 4.79 Å². The smallest absolute Gasteiger partial charge is 0.338 e. The summed E-state index contributed by atoms with van der Waals surface area (Å²) in [6.45, 7) is 5.21. The molecule has 2 aromatic carbocycles. The van der Waals surface area contributed by atoms with Crippen LogP contribution in [0, 0.1) is 0 Å². The van der Waals surface area contributed by atoms with Gasteiger partial charge in [-0.3, -0.25) is 0 Å². The standard InChI is InChI=1S/C20H21N3O2/c1-15(2)18-7-5-17(6-8-18)12-25-20(24)19-9-3-16(4-10-19)11-23-14-21-13-22-23/h3-10,13-15H,11-12H2,1-2H3. The zero-order valence-electron chi connectivity index (χ0n) is 14.4. The minimum absolute atomic E-state index is 0.276. The second-order valence-corrected chi connectivity index (χ2v) is 6.26. The van der Waals surface area contributed by atoms with Gasteiger partial charge in [-0.25, -0.2) is 14.5 Å². The number of aromatic nitrogens is 3. The first-order valence-electron chi connectivity index (χ1n) is 8.29. The normalized spacial score (nSPS) is 10.8. The van der Waals surface area contributed by atoms with Crippen molar-refractivity contribution in [3.8, 4) is 0 Å². The molecule has 0 radical (unpaired) electrons. The molecular formula is C20H21N3O2. The minimum atomic E-state index is -0.319. The quantitative estimate of drug-likeness (QED) is 0.643. The van der Waals surface area contributed by atoms with Crippen LogP contribution in [0.5, 0.6) is 0 Å². The maximum absolute atomic E-state index is 12.2. The molecule has 0 atom stereocenters. The molecule has 0 aliphatic rings. The van der Waals surface area contributed by atoms with Crippen molar-refractivity contribution >= 4 is 5.97 Å². The van der Waals surface area contributed by atoms with Gasteiger partial charge in [0.15, 0.2) is 0 Å². The molecule has 0 aliphatic carbocycles. The molecule has 0 fully saturated rings. The van der Waals surface area contributed by atoms with Gasteiger partial charge in [-0.2, -0.15) is 5.10 Å². The second kappa shape index (κ2) is 7.75. The summed E-state index contributed by atoms with van der Waals surface area (Å²) in [7, 11) is 0. The van der Waals surface area contributed by atoms with Crippen molar-refractivity contribution < 1.29 is 9.53 Å². The number of esters is 1. The highest BCUT2D eigenvalue weighted by Gasteiger charge is 2.08. The molecule has 1 aromatic heterocycles. The molecule has 3 rings (SSSR count). The largest absolute Gasteiger partial charge is 0.457 e. The lowest BCUT2D eigenvalue weighted by atomic mass is 10.0. The Hall–Kier alpha value is -2.95. The van der Waals surface area contributed by atoms with Crippen LogP contribution in [0.15, 0.2) is 61.2 Å². The van der Waals surface area contributed by atoms with Crippen LogP contribution >= 0.6 is 0 Å². The van der Waals surface area contributed by atoms with E-state index in [1.807, 2.05) is 24.3 Å². The van der Waals surface area contributed by atoms with Gasteiger partial charge >= 0.3 is 5.97 Å². The van der Waals surface area contributed by atoms with Gasteiger partial charge in [-0.1, -0.05) is 50.2 Å². The molecular weight excluding hydrogens is 314 g/mol. The highest BCUT2D eigenvalue weighted by Crippen LogP contribution is 2.15. The monoisotopic (exact) mass is 335 g/mol. The van der Waals surface area contributed by atoms with E-state index < -0.39 is 0 Å². The fourth-order valence-electron chi connectivity index (χ4n) is 2.48. The van der Waals surface area contributed by atoms with Crippen LogP contribution in [0.2, 0.25) is 0 Å². The lowest BCUT2D eigenvalue weighted by Crippen LogP contribution is -2.06. The number of carbonyl (C=O) groups is 1. The Bertz CT molecular complexity index is 807. The topological polar surface area (TPSA) is 57.0 Å². The van der Waals surface area contributed by atoms with Gasteiger partial charge < -0.3 is 4.74 Å². The summed E-state index contributed by atoms with van der Waals surface area (Å²) in [4.78, 5) is 16.1. The Balaban J connectivity index is 1.55. The van der Waals surface area contributed by atoms with Crippen molar-refractivity contribution in [3.63, 3.8) is 0 Å². The van der Waals surface area contributed by atoms with Crippen molar-refractivity contribution in [2.45, 2.75) is 32.9 Å². The second-order valence-electron chi connectivity index (χ2n) is 6.26. The molecule has 0 unspecified atom stereocenters. The average molecular weight is 335 g/mol. The van der Waals surface area contributed by atoms with Gasteiger partial charge in [-0.05, 0) is 34.7 Å². The highest BCUT2D eigenvalue weighted by molar-refractivity contribution is 5.89. The summed E-state index contributed by atoms with van der Waals surface area (Å²) in [6.07, 6.45) is 3.16. The lowest BCUT2D eigenvalue weighted by Gasteiger charge is -2.08. The Morgan fingerprint density at radius 2 is 1.72 bits per heavy atom. The molecule has 0 N–H and O–H groups in total. The SMILES string of the molecule is CC(C)c1ccc(COC(=O)c2ccc(Cn3cncn3)cc2)cc1. The van der Waals surface area contributed by atoms with Crippen molar-refractivity contribution in [1.82, 2.24) is 14.8 Å². The van der Waals surface area contributed by atoms with Gasteiger partial charge in [0.05, 0.1) is 12.1 Å². The number of ether oxygens (including phenoxy) is 1. The van der Waals surface area contributed by atoms with E-state index in [1.54, 1.807) is 23.1 Å². The predicted octanol–water partition coefficient (Wildman–Crippen LogP) is 3.81. The van der Waals surface area contributed by atoms with Gasteiger partial charge in [0, 0.05) is 0 Å². The van der Waals surface area contributed by atoms with E-state index in [2.05, 4.69) is 36.1 Å². The van der Waals surface area contributed by atoms with E-state index in [0.717, 1.165) is 11.1 Å². The number of benzene rings is 2. The molecule has 0 spiro atoms. The van der Waals surface area contributed by atoms with Crippen LogP contribution in [0.1, 0.15) is 46.8 Å². The van der Waals surface area contributed by atoms with Gasteiger partial charge in [0.2, 0.25) is 0 Å². The van der Waals surface area contributed by atoms with Crippen molar-refractivity contribution in [2.24, 2.45) is 0 Å². The first-order chi connectivity index (χ1) is 12.1. The minimum Gasteiger partial charge on any atom is -0.457 e. The lowest BCUT2D eigenvalue weighted by molar-refractivity contribution is 0.0472. The third kappa shape index (κ3) is 4.53. The molecule has 0 bridgehead atoms. The van der Waals surface area contributed by atoms with E-state index in [-0.39, 0.29) is 12.6 Å². The molecule has 0 saturated carbocycles. The summed E-state index contributed by atoms with van der Waals surface area (Å²) >= 11 is 0. The first-order valence-corrected chi connectivity index (χ1v) is 8.29. The zero-order chi connectivity index (χ0) is 17.6. The number of hydrogen-bond acceptors (Lipinski definition) is 4. The Morgan fingerprint density at radius 3 is 2.32 bits per heavy atom. The molecule has 0 saturated heterocycles. The van der Waals surface area contributed by atoms with Gasteiger partial charge in [0.1, 0.15) is 19.3 Å². The van der Waals surface area contributed by atoms with E-state index in [4.69, 9.17) is 4.74 Å². The molecule has 5 heteroatoms. The molecule has 1 heterocycles. The van der Waals surface area contributed by atoms with E-state index >= 15 is 0 Å². The Kier molecular flexibility index (Phi) is 5.23. The molecule has 128 valence electrons. The van der Waals surface area contributed by atoms with Crippen LogP contribution in [-0.4, -0.2) is 20.7 Å². The van der Waals surface area contributed by atoms with Crippen LogP contribution in [0.25, 0.3) is 0 Å². The Morgan fingerprint density at radius 1 is 1.04 bits per heavy atom.